The van der Waals surface area contributed by atoms with Crippen LogP contribution in [0.2, 0.25) is 0 Å². The summed E-state index contributed by atoms with van der Waals surface area (Å²) in [5, 5.41) is 9.19. The first kappa shape index (κ1) is 23.6. The van der Waals surface area contributed by atoms with Crippen molar-refractivity contribution in [3.05, 3.63) is 72.3 Å². The number of hydrogen-bond donors (Lipinski definition) is 0. The first-order valence-corrected chi connectivity index (χ1v) is 12.2. The van der Waals surface area contributed by atoms with E-state index < -0.39 is 0 Å². The normalized spacial score (nSPS) is 12.2. The van der Waals surface area contributed by atoms with Crippen molar-refractivity contribution in [1.29, 1.82) is 0 Å². The maximum absolute atomic E-state index is 12.9. The van der Waals surface area contributed by atoms with Gasteiger partial charge in [-0.1, -0.05) is 36.0 Å². The van der Waals surface area contributed by atoms with Gasteiger partial charge in [0.1, 0.15) is 36.1 Å². The smallest absolute Gasteiger partial charge is 0.210 e. The van der Waals surface area contributed by atoms with E-state index in [2.05, 4.69) is 10.2 Å². The van der Waals surface area contributed by atoms with Gasteiger partial charge >= 0.3 is 0 Å². The molecule has 36 heavy (non-hydrogen) atoms. The van der Waals surface area contributed by atoms with Crippen molar-refractivity contribution >= 4 is 17.5 Å². The minimum absolute atomic E-state index is 0.0757. The summed E-state index contributed by atoms with van der Waals surface area (Å²) in [5.41, 5.74) is 3.19. The van der Waals surface area contributed by atoms with E-state index in [9.17, 15) is 4.79 Å². The quantitative estimate of drug-likeness (QED) is 0.245. The predicted octanol–water partition coefficient (Wildman–Crippen LogP) is 4.97. The largest absolute Gasteiger partial charge is 0.496 e. The number of thioether (sulfide) groups is 1. The van der Waals surface area contributed by atoms with Gasteiger partial charge in [-0.15, -0.1) is 10.2 Å². The third-order valence-electron chi connectivity index (χ3n) is 5.59. The molecule has 0 radical (unpaired) electrons. The Labute approximate surface area is 212 Å². The van der Waals surface area contributed by atoms with Crippen molar-refractivity contribution in [3.8, 4) is 45.5 Å². The molecule has 1 aromatic heterocycles. The fraction of sp³-hybridized carbons (Fsp3) is 0.185. The highest BCUT2D eigenvalue weighted by Crippen LogP contribution is 2.38. The fourth-order valence-corrected chi connectivity index (χ4v) is 4.53. The van der Waals surface area contributed by atoms with E-state index in [1.54, 1.807) is 32.4 Å². The molecule has 0 atom stereocenters. The van der Waals surface area contributed by atoms with Gasteiger partial charge in [0.25, 0.3) is 0 Å². The van der Waals surface area contributed by atoms with E-state index in [1.165, 1.54) is 11.8 Å². The summed E-state index contributed by atoms with van der Waals surface area (Å²) in [5.74, 6) is 2.59. The Morgan fingerprint density at radius 3 is 2.17 bits per heavy atom. The standard InChI is InChI=1S/C27H23N3O5S/c1-32-21-9-5-3-7-18(21)25-26(19-8-4-6-10-22(19)33-2)29-30-27(28-25)36-16-20(31)17-11-12-23-24(15-17)35-14-13-34-23/h3-12,15H,13-14,16H2,1-2H3. The van der Waals surface area contributed by atoms with E-state index in [0.29, 0.717) is 58.3 Å². The van der Waals surface area contributed by atoms with Crippen LogP contribution in [0.5, 0.6) is 23.0 Å². The van der Waals surface area contributed by atoms with Crippen LogP contribution in [0.3, 0.4) is 0 Å². The lowest BCUT2D eigenvalue weighted by molar-refractivity contribution is 0.102. The van der Waals surface area contributed by atoms with Crippen LogP contribution in [0.25, 0.3) is 22.5 Å². The third-order valence-corrected chi connectivity index (χ3v) is 6.43. The molecule has 0 N–H and O–H groups in total. The monoisotopic (exact) mass is 501 g/mol. The van der Waals surface area contributed by atoms with Gasteiger partial charge in [-0.25, -0.2) is 4.98 Å². The van der Waals surface area contributed by atoms with Crippen LogP contribution in [0, 0.1) is 0 Å². The van der Waals surface area contributed by atoms with Crippen molar-refractivity contribution in [1.82, 2.24) is 15.2 Å². The zero-order chi connectivity index (χ0) is 24.9. The van der Waals surface area contributed by atoms with E-state index in [1.807, 2.05) is 48.5 Å². The summed E-state index contributed by atoms with van der Waals surface area (Å²) >= 11 is 1.22. The first-order chi connectivity index (χ1) is 17.7. The maximum Gasteiger partial charge on any atom is 0.210 e. The molecule has 0 saturated heterocycles. The van der Waals surface area contributed by atoms with Gasteiger partial charge < -0.3 is 18.9 Å². The molecular weight excluding hydrogens is 478 g/mol. The van der Waals surface area contributed by atoms with Crippen LogP contribution in [0.4, 0.5) is 0 Å². The number of nitrogens with zero attached hydrogens (tertiary/aromatic N) is 3. The number of Topliss-reactive ketones (excluding diaryl/α,β-unsaturated/α-hetero) is 1. The summed E-state index contributed by atoms with van der Waals surface area (Å²) in [6.45, 7) is 0.961. The predicted molar refractivity (Wildman–Crippen MR) is 136 cm³/mol. The van der Waals surface area contributed by atoms with Crippen molar-refractivity contribution in [2.75, 3.05) is 33.2 Å². The molecule has 1 aliphatic rings. The summed E-state index contributed by atoms with van der Waals surface area (Å²) in [4.78, 5) is 17.7. The van der Waals surface area contributed by atoms with E-state index >= 15 is 0 Å². The average Bonchev–Trinajstić information content (AvgIpc) is 2.95. The number of hydrogen-bond acceptors (Lipinski definition) is 9. The second-order valence-corrected chi connectivity index (χ2v) is 8.70. The Kier molecular flexibility index (Phi) is 6.99. The third kappa shape index (κ3) is 4.83. The van der Waals surface area contributed by atoms with E-state index in [4.69, 9.17) is 23.9 Å². The molecule has 0 saturated carbocycles. The van der Waals surface area contributed by atoms with Crippen molar-refractivity contribution < 1.29 is 23.7 Å². The van der Waals surface area contributed by atoms with Crippen LogP contribution >= 0.6 is 11.8 Å². The molecule has 2 heterocycles. The lowest BCUT2D eigenvalue weighted by atomic mass is 10.0. The highest BCUT2D eigenvalue weighted by molar-refractivity contribution is 7.99. The van der Waals surface area contributed by atoms with Crippen LogP contribution in [0.1, 0.15) is 10.4 Å². The van der Waals surface area contributed by atoms with Crippen LogP contribution in [-0.2, 0) is 0 Å². The number of ether oxygens (including phenoxy) is 4. The van der Waals surface area contributed by atoms with Gasteiger partial charge in [0, 0.05) is 16.7 Å². The molecule has 4 aromatic rings. The lowest BCUT2D eigenvalue weighted by Crippen LogP contribution is -2.16. The molecule has 3 aromatic carbocycles. The highest BCUT2D eigenvalue weighted by Gasteiger charge is 2.21. The number of benzene rings is 3. The number of rotatable bonds is 8. The molecular formula is C27H23N3O5S. The number of carbonyl (C=O) groups is 1. The maximum atomic E-state index is 12.9. The molecule has 0 unspecified atom stereocenters. The Morgan fingerprint density at radius 1 is 0.833 bits per heavy atom. The zero-order valence-corrected chi connectivity index (χ0v) is 20.6. The molecule has 5 rings (SSSR count). The molecule has 8 nitrogen and oxygen atoms in total. The van der Waals surface area contributed by atoms with Gasteiger partial charge in [0.05, 0.1) is 20.0 Å². The number of ketones is 1. The molecule has 1 aliphatic heterocycles. The summed E-state index contributed by atoms with van der Waals surface area (Å²) < 4.78 is 22.3. The topological polar surface area (TPSA) is 92.7 Å². The Bertz CT molecular complexity index is 1410. The molecule has 0 bridgehead atoms. The highest BCUT2D eigenvalue weighted by atomic mass is 32.2. The van der Waals surface area contributed by atoms with E-state index in [-0.39, 0.29) is 11.5 Å². The van der Waals surface area contributed by atoms with Crippen molar-refractivity contribution in [2.24, 2.45) is 0 Å². The SMILES string of the molecule is COc1ccccc1-c1nnc(SCC(=O)c2ccc3c(c2)OCCO3)nc1-c1ccccc1OC. The Hall–Kier alpha value is -4.11. The zero-order valence-electron chi connectivity index (χ0n) is 19.8. The number of methoxy groups -OCH3 is 2. The van der Waals surface area contributed by atoms with Crippen LogP contribution in [0.15, 0.2) is 71.9 Å². The molecule has 0 aliphatic carbocycles. The second kappa shape index (κ2) is 10.7. The minimum Gasteiger partial charge on any atom is -0.496 e. The van der Waals surface area contributed by atoms with Crippen molar-refractivity contribution in [3.63, 3.8) is 0 Å². The molecule has 0 fully saturated rings. The molecule has 182 valence electrons. The van der Waals surface area contributed by atoms with Crippen LogP contribution < -0.4 is 18.9 Å². The van der Waals surface area contributed by atoms with Gasteiger partial charge in [-0.3, -0.25) is 4.79 Å². The van der Waals surface area contributed by atoms with E-state index in [0.717, 1.165) is 11.1 Å². The first-order valence-electron chi connectivity index (χ1n) is 11.2. The lowest BCUT2D eigenvalue weighted by Gasteiger charge is -2.18. The minimum atomic E-state index is -0.0757. The summed E-state index contributed by atoms with van der Waals surface area (Å²) in [7, 11) is 3.22. The van der Waals surface area contributed by atoms with Gasteiger partial charge in [0.15, 0.2) is 17.3 Å². The fourth-order valence-electron chi connectivity index (χ4n) is 3.85. The molecule has 0 amide bonds. The van der Waals surface area contributed by atoms with Gasteiger partial charge in [0.2, 0.25) is 5.16 Å². The summed E-state index contributed by atoms with van der Waals surface area (Å²) in [6, 6.07) is 20.3. The van der Waals surface area contributed by atoms with Gasteiger partial charge in [-0.2, -0.15) is 0 Å². The Morgan fingerprint density at radius 2 is 1.47 bits per heavy atom. The Balaban J connectivity index is 1.46. The van der Waals surface area contributed by atoms with Crippen molar-refractivity contribution in [2.45, 2.75) is 5.16 Å². The number of para-hydroxylation sites is 2. The number of aromatic nitrogens is 3. The van der Waals surface area contributed by atoms with Gasteiger partial charge in [-0.05, 0) is 42.5 Å². The van der Waals surface area contributed by atoms with Crippen LogP contribution in [-0.4, -0.2) is 54.2 Å². The average molecular weight is 502 g/mol. The summed E-state index contributed by atoms with van der Waals surface area (Å²) in [6.07, 6.45) is 0. The number of carbonyl (C=O) groups excluding carboxylic acids is 1. The second-order valence-electron chi connectivity index (χ2n) is 7.76. The number of fused-ring (bicyclic) bond motifs is 1. The molecule has 9 heteroatoms. The molecule has 0 spiro atoms.